The highest BCUT2D eigenvalue weighted by Crippen LogP contribution is 2.29. The summed E-state index contributed by atoms with van der Waals surface area (Å²) in [5, 5.41) is 9.75. The van der Waals surface area contributed by atoms with Crippen molar-refractivity contribution in [2.45, 2.75) is 38.9 Å². The zero-order valence-electron chi connectivity index (χ0n) is 19.0. The van der Waals surface area contributed by atoms with Crippen molar-refractivity contribution >= 4 is 29.3 Å². The summed E-state index contributed by atoms with van der Waals surface area (Å²) in [7, 11) is 0. The van der Waals surface area contributed by atoms with Crippen molar-refractivity contribution in [2.24, 2.45) is 11.8 Å². The number of hydrogen-bond acceptors (Lipinski definition) is 6. The molecule has 1 saturated heterocycles. The Morgan fingerprint density at radius 3 is 2.53 bits per heavy atom. The third-order valence-corrected chi connectivity index (χ3v) is 6.70. The van der Waals surface area contributed by atoms with Gasteiger partial charge in [0.25, 0.3) is 0 Å². The molecular weight excluding hydrogens is 422 g/mol. The van der Waals surface area contributed by atoms with Gasteiger partial charge < -0.3 is 14.2 Å². The van der Waals surface area contributed by atoms with Gasteiger partial charge in [-0.3, -0.25) is 9.36 Å². The van der Waals surface area contributed by atoms with Crippen LogP contribution in [0.1, 0.15) is 33.0 Å². The average molecular weight is 454 g/mol. The molecule has 1 aliphatic heterocycles. The smallest absolute Gasteiger partial charge is 0.237 e. The molecule has 170 valence electrons. The van der Waals surface area contributed by atoms with E-state index in [0.29, 0.717) is 30.7 Å². The van der Waals surface area contributed by atoms with E-state index in [9.17, 15) is 4.79 Å². The Morgan fingerprint density at radius 2 is 1.88 bits per heavy atom. The molecular formula is C24H31N5O2S. The van der Waals surface area contributed by atoms with Crippen LogP contribution >= 0.6 is 11.8 Å². The molecule has 1 aromatic carbocycles. The van der Waals surface area contributed by atoms with E-state index in [1.165, 1.54) is 18.2 Å². The summed E-state index contributed by atoms with van der Waals surface area (Å²) >= 11 is 1.43. The molecule has 2 aromatic heterocycles. The number of amides is 1. The van der Waals surface area contributed by atoms with Gasteiger partial charge in [-0.1, -0.05) is 43.8 Å². The van der Waals surface area contributed by atoms with E-state index in [1.807, 2.05) is 49.4 Å². The van der Waals surface area contributed by atoms with Crippen molar-refractivity contribution in [1.29, 1.82) is 0 Å². The van der Waals surface area contributed by atoms with Crippen molar-refractivity contribution < 1.29 is 9.21 Å². The predicted molar refractivity (Wildman–Crippen MR) is 128 cm³/mol. The van der Waals surface area contributed by atoms with Gasteiger partial charge in [-0.25, -0.2) is 0 Å². The minimum Gasteiger partial charge on any atom is -0.467 e. The van der Waals surface area contributed by atoms with Crippen LogP contribution in [0.25, 0.3) is 0 Å². The van der Waals surface area contributed by atoms with Gasteiger partial charge in [-0.15, -0.1) is 10.2 Å². The van der Waals surface area contributed by atoms with Crippen molar-refractivity contribution in [3.63, 3.8) is 0 Å². The first-order valence-electron chi connectivity index (χ1n) is 11.2. The van der Waals surface area contributed by atoms with Crippen molar-refractivity contribution in [3.8, 4) is 0 Å². The molecule has 1 fully saturated rings. The Morgan fingerprint density at radius 1 is 1.12 bits per heavy atom. The Bertz CT molecular complexity index is 995. The van der Waals surface area contributed by atoms with E-state index in [2.05, 4.69) is 33.5 Å². The number of anilines is 2. The number of furan rings is 1. The fourth-order valence-corrected chi connectivity index (χ4v) is 5.27. The van der Waals surface area contributed by atoms with Crippen molar-refractivity contribution in [1.82, 2.24) is 14.8 Å². The number of piperidine rings is 1. The van der Waals surface area contributed by atoms with Crippen LogP contribution in [0.3, 0.4) is 0 Å². The normalized spacial score (nSPS) is 18.7. The second-order valence-corrected chi connectivity index (χ2v) is 9.50. The third kappa shape index (κ3) is 5.18. The number of aromatic nitrogens is 3. The van der Waals surface area contributed by atoms with E-state index in [1.54, 1.807) is 11.2 Å². The molecule has 1 aliphatic rings. The molecule has 3 aromatic rings. The summed E-state index contributed by atoms with van der Waals surface area (Å²) in [5.41, 5.74) is 0.912. The summed E-state index contributed by atoms with van der Waals surface area (Å²) in [4.78, 5) is 17.1. The lowest BCUT2D eigenvalue weighted by Crippen LogP contribution is -2.40. The van der Waals surface area contributed by atoms with Gasteiger partial charge in [0.15, 0.2) is 5.16 Å². The van der Waals surface area contributed by atoms with Crippen molar-refractivity contribution in [3.05, 3.63) is 54.5 Å². The van der Waals surface area contributed by atoms with Gasteiger partial charge >= 0.3 is 0 Å². The molecule has 0 radical (unpaired) electrons. The Kier molecular flexibility index (Phi) is 7.19. The third-order valence-electron chi connectivity index (χ3n) is 5.75. The maximum Gasteiger partial charge on any atom is 0.237 e. The lowest BCUT2D eigenvalue weighted by Gasteiger charge is -2.35. The molecule has 8 heteroatoms. The van der Waals surface area contributed by atoms with Crippen LogP contribution < -0.4 is 9.80 Å². The van der Waals surface area contributed by atoms with Crippen LogP contribution in [0, 0.1) is 11.8 Å². The number of benzene rings is 1. The molecule has 0 aliphatic carbocycles. The van der Waals surface area contributed by atoms with Crippen LogP contribution in [0.2, 0.25) is 0 Å². The molecule has 2 atom stereocenters. The molecule has 32 heavy (non-hydrogen) atoms. The Balaban J connectivity index is 1.54. The number of hydrogen-bond donors (Lipinski definition) is 0. The minimum absolute atomic E-state index is 0.0537. The Labute approximate surface area is 193 Å². The van der Waals surface area contributed by atoms with Crippen LogP contribution in [0.4, 0.5) is 11.6 Å². The maximum atomic E-state index is 13.0. The molecule has 0 spiro atoms. The van der Waals surface area contributed by atoms with E-state index in [0.717, 1.165) is 35.6 Å². The van der Waals surface area contributed by atoms with Gasteiger partial charge in [0.2, 0.25) is 11.9 Å². The standard InChI is InChI=1S/C24H31N5O2S/c1-4-28(20-9-6-5-7-10-20)22(30)17-32-24-26-25-23(27-14-18(2)13-19(3)15-27)29(24)16-21-11-8-12-31-21/h5-12,18-19H,4,13-17H2,1-3H3. The van der Waals surface area contributed by atoms with E-state index in [-0.39, 0.29) is 5.91 Å². The second kappa shape index (κ2) is 10.3. The number of carbonyl (C=O) groups is 1. The highest BCUT2D eigenvalue weighted by molar-refractivity contribution is 7.99. The number of rotatable bonds is 8. The van der Waals surface area contributed by atoms with Gasteiger partial charge in [0.1, 0.15) is 5.76 Å². The molecule has 0 N–H and O–H groups in total. The second-order valence-electron chi connectivity index (χ2n) is 8.56. The largest absolute Gasteiger partial charge is 0.467 e. The fourth-order valence-electron chi connectivity index (χ4n) is 4.46. The highest BCUT2D eigenvalue weighted by Gasteiger charge is 2.27. The first-order chi connectivity index (χ1) is 15.5. The Hall–Kier alpha value is -2.74. The quantitative estimate of drug-likeness (QED) is 0.466. The molecule has 1 amide bonds. The van der Waals surface area contributed by atoms with Crippen LogP contribution in [-0.4, -0.2) is 46.1 Å². The molecule has 7 nitrogen and oxygen atoms in total. The fraction of sp³-hybridized carbons (Fsp3) is 0.458. The maximum absolute atomic E-state index is 13.0. The summed E-state index contributed by atoms with van der Waals surface area (Å²) in [6.07, 6.45) is 2.91. The predicted octanol–water partition coefficient (Wildman–Crippen LogP) is 4.55. The minimum atomic E-state index is 0.0537. The monoisotopic (exact) mass is 453 g/mol. The first kappa shape index (κ1) is 22.5. The molecule has 2 unspecified atom stereocenters. The summed E-state index contributed by atoms with van der Waals surface area (Å²) in [6, 6.07) is 13.6. The summed E-state index contributed by atoms with van der Waals surface area (Å²) < 4.78 is 7.69. The summed E-state index contributed by atoms with van der Waals surface area (Å²) in [5.74, 6) is 3.26. The highest BCUT2D eigenvalue weighted by atomic mass is 32.2. The van der Waals surface area contributed by atoms with Crippen LogP contribution in [-0.2, 0) is 11.3 Å². The van der Waals surface area contributed by atoms with Gasteiger partial charge in [-0.2, -0.15) is 0 Å². The lowest BCUT2D eigenvalue weighted by atomic mass is 9.92. The van der Waals surface area contributed by atoms with E-state index >= 15 is 0 Å². The molecule has 3 heterocycles. The number of carbonyl (C=O) groups excluding carboxylic acids is 1. The summed E-state index contributed by atoms with van der Waals surface area (Å²) in [6.45, 7) is 9.65. The van der Waals surface area contributed by atoms with Crippen LogP contribution in [0.5, 0.6) is 0 Å². The van der Waals surface area contributed by atoms with E-state index in [4.69, 9.17) is 4.42 Å². The van der Waals surface area contributed by atoms with Crippen molar-refractivity contribution in [2.75, 3.05) is 35.2 Å². The number of para-hydroxylation sites is 1. The first-order valence-corrected chi connectivity index (χ1v) is 12.2. The SMILES string of the molecule is CCN(C(=O)CSc1nnc(N2CC(C)CC(C)C2)n1Cc1ccco1)c1ccccc1. The van der Waals surface area contributed by atoms with E-state index < -0.39 is 0 Å². The van der Waals surface area contributed by atoms with Gasteiger partial charge in [-0.05, 0) is 49.4 Å². The topological polar surface area (TPSA) is 67.4 Å². The number of nitrogens with zero attached hydrogens (tertiary/aromatic N) is 5. The average Bonchev–Trinajstić information content (AvgIpc) is 3.43. The van der Waals surface area contributed by atoms with Gasteiger partial charge in [0, 0.05) is 25.3 Å². The number of thioether (sulfide) groups is 1. The van der Waals surface area contributed by atoms with Gasteiger partial charge in [0.05, 0.1) is 18.6 Å². The molecule has 4 rings (SSSR count). The molecule has 0 saturated carbocycles. The van der Waals surface area contributed by atoms with Crippen LogP contribution in [0.15, 0.2) is 58.3 Å². The molecule has 0 bridgehead atoms. The zero-order valence-corrected chi connectivity index (χ0v) is 19.8. The lowest BCUT2D eigenvalue weighted by molar-refractivity contribution is -0.116. The zero-order chi connectivity index (χ0) is 22.5.